The molecule has 0 aliphatic heterocycles. The summed E-state index contributed by atoms with van der Waals surface area (Å²) < 4.78 is 10.2. The number of ether oxygens (including phenoxy) is 2. The number of alkyl halides is 1. The molecule has 6 heteroatoms. The van der Waals surface area contributed by atoms with E-state index in [0.717, 1.165) is 12.8 Å². The van der Waals surface area contributed by atoms with Crippen LogP contribution in [0.15, 0.2) is 0 Å². The minimum absolute atomic E-state index is 0.130. The average molecular weight is 434 g/mol. The fraction of sp³-hybridized carbons (Fsp3) is 0.913. The van der Waals surface area contributed by atoms with E-state index >= 15 is 0 Å². The lowest BCUT2D eigenvalue weighted by atomic mass is 10.0. The van der Waals surface area contributed by atoms with Gasteiger partial charge < -0.3 is 9.47 Å². The van der Waals surface area contributed by atoms with Crippen molar-refractivity contribution in [1.29, 1.82) is 0 Å². The van der Waals surface area contributed by atoms with Crippen molar-refractivity contribution >= 4 is 23.7 Å². The molecule has 0 saturated carbocycles. The monoisotopic (exact) mass is 433 g/mol. The summed E-state index contributed by atoms with van der Waals surface area (Å²) in [6, 6.07) is -0.663. The maximum atomic E-state index is 12.0. The van der Waals surface area contributed by atoms with Gasteiger partial charge in [-0.1, -0.05) is 90.4 Å². The Labute approximate surface area is 183 Å². The maximum absolute atomic E-state index is 12.0. The van der Waals surface area contributed by atoms with Gasteiger partial charge in [0.1, 0.15) is 12.6 Å². The second-order valence-corrected chi connectivity index (χ2v) is 8.23. The van der Waals surface area contributed by atoms with E-state index in [2.05, 4.69) is 6.92 Å². The van der Waals surface area contributed by atoms with E-state index in [1.807, 2.05) is 0 Å². The number of amides is 1. The van der Waals surface area contributed by atoms with Gasteiger partial charge in [0.15, 0.2) is 0 Å². The van der Waals surface area contributed by atoms with Crippen LogP contribution >= 0.6 is 11.6 Å². The summed E-state index contributed by atoms with van der Waals surface area (Å²) >= 11 is 5.48. The van der Waals surface area contributed by atoms with Gasteiger partial charge in [0, 0.05) is 7.05 Å². The van der Waals surface area contributed by atoms with E-state index in [0.29, 0.717) is 6.61 Å². The second kappa shape index (κ2) is 20.3. The normalized spacial score (nSPS) is 11.9. The zero-order valence-corrected chi connectivity index (χ0v) is 19.8. The lowest BCUT2D eigenvalue weighted by Gasteiger charge is -2.22. The van der Waals surface area contributed by atoms with Crippen LogP contribution in [0.25, 0.3) is 0 Å². The molecule has 0 aliphatic rings. The fourth-order valence-electron chi connectivity index (χ4n) is 3.13. The maximum Gasteiger partial charge on any atom is 0.410 e. The topological polar surface area (TPSA) is 55.8 Å². The molecule has 0 bridgehead atoms. The number of hydrogen-bond donors (Lipinski definition) is 0. The molecule has 0 rings (SSSR count). The quantitative estimate of drug-likeness (QED) is 0.129. The van der Waals surface area contributed by atoms with Crippen LogP contribution in [0.3, 0.4) is 0 Å². The Morgan fingerprint density at radius 1 is 0.759 bits per heavy atom. The van der Waals surface area contributed by atoms with Crippen molar-refractivity contribution in [3.05, 3.63) is 0 Å². The van der Waals surface area contributed by atoms with Gasteiger partial charge in [0.2, 0.25) is 0 Å². The second-order valence-electron chi connectivity index (χ2n) is 7.85. The number of halogens is 1. The number of carbonyl (C=O) groups excluding carboxylic acids is 2. The van der Waals surface area contributed by atoms with Crippen molar-refractivity contribution in [2.24, 2.45) is 0 Å². The van der Waals surface area contributed by atoms with E-state index in [4.69, 9.17) is 21.1 Å². The first-order valence-electron chi connectivity index (χ1n) is 11.7. The van der Waals surface area contributed by atoms with Crippen molar-refractivity contribution in [3.8, 4) is 0 Å². The summed E-state index contributed by atoms with van der Waals surface area (Å²) in [5.41, 5.74) is 0. The smallest absolute Gasteiger partial charge is 0.410 e. The van der Waals surface area contributed by atoms with Crippen LogP contribution in [0, 0.1) is 0 Å². The van der Waals surface area contributed by atoms with E-state index in [-0.39, 0.29) is 12.5 Å². The lowest BCUT2D eigenvalue weighted by molar-refractivity contribution is -0.148. The third-order valence-corrected chi connectivity index (χ3v) is 5.41. The predicted molar refractivity (Wildman–Crippen MR) is 121 cm³/mol. The largest absolute Gasteiger partial charge is 0.464 e. The molecule has 0 saturated heterocycles. The predicted octanol–water partition coefficient (Wildman–Crippen LogP) is 6.71. The number of rotatable bonds is 19. The number of hydrogen-bond acceptors (Lipinski definition) is 4. The molecule has 0 radical (unpaired) electrons. The van der Waals surface area contributed by atoms with Gasteiger partial charge in [-0.25, -0.2) is 9.59 Å². The highest BCUT2D eigenvalue weighted by Gasteiger charge is 2.24. The molecule has 0 aromatic rings. The molecule has 0 aromatic heterocycles. The molecule has 29 heavy (non-hydrogen) atoms. The molecular weight excluding hydrogens is 390 g/mol. The van der Waals surface area contributed by atoms with Crippen LogP contribution in [-0.4, -0.2) is 49.1 Å². The molecule has 1 amide bonds. The molecule has 0 fully saturated rings. The summed E-state index contributed by atoms with van der Waals surface area (Å²) in [7, 11) is 1.52. The molecule has 172 valence electrons. The summed E-state index contributed by atoms with van der Waals surface area (Å²) in [5, 5.41) is 0. The van der Waals surface area contributed by atoms with Gasteiger partial charge >= 0.3 is 12.1 Å². The Hall–Kier alpha value is -0.970. The Balaban J connectivity index is 3.47. The Morgan fingerprint density at radius 2 is 1.21 bits per heavy atom. The van der Waals surface area contributed by atoms with Crippen molar-refractivity contribution in [2.75, 3.05) is 26.1 Å². The molecule has 0 aromatic carbocycles. The highest BCUT2D eigenvalue weighted by molar-refractivity contribution is 6.18. The molecule has 0 heterocycles. The van der Waals surface area contributed by atoms with Crippen molar-refractivity contribution in [3.63, 3.8) is 0 Å². The van der Waals surface area contributed by atoms with Gasteiger partial charge in [-0.3, -0.25) is 4.90 Å². The van der Waals surface area contributed by atoms with E-state index in [9.17, 15) is 9.59 Å². The van der Waals surface area contributed by atoms with Gasteiger partial charge in [-0.05, 0) is 13.3 Å². The summed E-state index contributed by atoms with van der Waals surface area (Å²) in [6.07, 6.45) is 17.6. The van der Waals surface area contributed by atoms with Gasteiger partial charge in [0.25, 0.3) is 0 Å². The summed E-state index contributed by atoms with van der Waals surface area (Å²) in [6.45, 7) is 4.44. The average Bonchev–Trinajstić information content (AvgIpc) is 2.73. The molecule has 0 N–H and O–H groups in total. The molecule has 1 atom stereocenters. The fourth-order valence-corrected chi connectivity index (χ4v) is 3.21. The van der Waals surface area contributed by atoms with Gasteiger partial charge in [-0.2, -0.15) is 0 Å². The van der Waals surface area contributed by atoms with E-state index < -0.39 is 18.1 Å². The number of esters is 1. The zero-order chi connectivity index (χ0) is 21.7. The first-order chi connectivity index (χ1) is 14.0. The number of likely N-dealkylation sites (N-methyl/N-ethyl adjacent to an activating group) is 1. The van der Waals surface area contributed by atoms with Crippen LogP contribution in [0.5, 0.6) is 0 Å². The van der Waals surface area contributed by atoms with Gasteiger partial charge in [0.05, 0.1) is 12.5 Å². The van der Waals surface area contributed by atoms with Crippen molar-refractivity contribution < 1.29 is 19.1 Å². The van der Waals surface area contributed by atoms with Crippen molar-refractivity contribution in [2.45, 2.75) is 110 Å². The van der Waals surface area contributed by atoms with Crippen molar-refractivity contribution in [1.82, 2.24) is 4.90 Å². The molecular formula is C23H44ClNO4. The minimum Gasteiger partial charge on any atom is -0.464 e. The summed E-state index contributed by atoms with van der Waals surface area (Å²) in [4.78, 5) is 24.9. The first kappa shape index (κ1) is 28.0. The Bertz CT molecular complexity index is 406. The molecule has 1 unspecified atom stereocenters. The van der Waals surface area contributed by atoms with Crippen LogP contribution in [0.2, 0.25) is 0 Å². The van der Waals surface area contributed by atoms with Crippen LogP contribution < -0.4 is 0 Å². The highest BCUT2D eigenvalue weighted by atomic mass is 35.5. The third-order valence-electron chi connectivity index (χ3n) is 5.25. The van der Waals surface area contributed by atoms with Crippen LogP contribution in [0.1, 0.15) is 104 Å². The SMILES string of the molecule is CCCCCCCCCCCCCCCCOC(=O)C(C)N(C)C(=O)OCCCl. The molecule has 0 spiro atoms. The lowest BCUT2D eigenvalue weighted by Crippen LogP contribution is -2.41. The highest BCUT2D eigenvalue weighted by Crippen LogP contribution is 2.13. The Morgan fingerprint density at radius 3 is 1.66 bits per heavy atom. The first-order valence-corrected chi connectivity index (χ1v) is 12.2. The molecule has 5 nitrogen and oxygen atoms in total. The minimum atomic E-state index is -0.663. The van der Waals surface area contributed by atoms with Crippen LogP contribution in [0.4, 0.5) is 4.79 Å². The Kier molecular flexibility index (Phi) is 19.6. The van der Waals surface area contributed by atoms with E-state index in [1.165, 1.54) is 89.0 Å². The van der Waals surface area contributed by atoms with Crippen LogP contribution in [-0.2, 0) is 14.3 Å². The number of carbonyl (C=O) groups is 2. The van der Waals surface area contributed by atoms with E-state index in [1.54, 1.807) is 6.92 Å². The summed E-state index contributed by atoms with van der Waals surface area (Å²) in [5.74, 6) is -0.164. The zero-order valence-electron chi connectivity index (χ0n) is 19.1. The third kappa shape index (κ3) is 16.5. The standard InChI is InChI=1S/C23H44ClNO4/c1-4-5-6-7-8-9-10-11-12-13-14-15-16-17-19-28-22(26)21(2)25(3)23(27)29-20-18-24/h21H,4-20H2,1-3H3. The van der Waals surface area contributed by atoms with Gasteiger partial charge in [-0.15, -0.1) is 11.6 Å². The molecule has 0 aliphatic carbocycles. The number of unbranched alkanes of at least 4 members (excludes halogenated alkanes) is 13. The number of nitrogens with zero attached hydrogens (tertiary/aromatic N) is 1.